The molecule has 0 aliphatic carbocycles. The van der Waals surface area contributed by atoms with E-state index in [0.29, 0.717) is 6.54 Å². The molecule has 0 saturated heterocycles. The first kappa shape index (κ1) is 12.6. The Hall–Kier alpha value is -1.89. The SMILES string of the molecule is NCc1ccc(Cc2noc(C(F)(F)F)n2)cc1. The molecule has 0 aliphatic rings. The lowest BCUT2D eigenvalue weighted by atomic mass is 10.1. The molecule has 4 nitrogen and oxygen atoms in total. The summed E-state index contributed by atoms with van der Waals surface area (Å²) in [5.74, 6) is -1.32. The smallest absolute Gasteiger partial charge is 0.329 e. The predicted molar refractivity (Wildman–Crippen MR) is 56.4 cm³/mol. The van der Waals surface area contributed by atoms with Crippen LogP contribution in [-0.2, 0) is 19.1 Å². The van der Waals surface area contributed by atoms with Gasteiger partial charge in [0.05, 0.1) is 0 Å². The van der Waals surface area contributed by atoms with Crippen molar-refractivity contribution in [3.8, 4) is 0 Å². The Morgan fingerprint density at radius 1 is 1.11 bits per heavy atom. The van der Waals surface area contributed by atoms with E-state index in [1.807, 2.05) is 0 Å². The zero-order chi connectivity index (χ0) is 13.2. The van der Waals surface area contributed by atoms with Gasteiger partial charge in [-0.3, -0.25) is 0 Å². The Kier molecular flexibility index (Phi) is 3.33. The van der Waals surface area contributed by atoms with Gasteiger partial charge in [0.1, 0.15) is 0 Å². The minimum absolute atomic E-state index is 0.00261. The van der Waals surface area contributed by atoms with E-state index in [1.165, 1.54) is 0 Å². The molecule has 0 bridgehead atoms. The molecule has 0 radical (unpaired) electrons. The van der Waals surface area contributed by atoms with Gasteiger partial charge in [-0.25, -0.2) is 0 Å². The van der Waals surface area contributed by atoms with Crippen molar-refractivity contribution >= 4 is 0 Å². The van der Waals surface area contributed by atoms with E-state index < -0.39 is 12.1 Å². The molecule has 1 aromatic carbocycles. The molecule has 2 N–H and O–H groups in total. The van der Waals surface area contributed by atoms with Crippen LogP contribution in [0.15, 0.2) is 28.8 Å². The van der Waals surface area contributed by atoms with E-state index in [9.17, 15) is 13.2 Å². The highest BCUT2D eigenvalue weighted by Gasteiger charge is 2.38. The lowest BCUT2D eigenvalue weighted by Crippen LogP contribution is -2.05. The van der Waals surface area contributed by atoms with Crippen LogP contribution in [0.25, 0.3) is 0 Å². The Morgan fingerprint density at radius 3 is 2.22 bits per heavy atom. The standard InChI is InChI=1S/C11H10F3N3O/c12-11(13,14)10-16-9(17-18-10)5-7-1-3-8(6-15)4-2-7/h1-4H,5-6,15H2. The van der Waals surface area contributed by atoms with E-state index >= 15 is 0 Å². The topological polar surface area (TPSA) is 64.9 Å². The highest BCUT2D eigenvalue weighted by atomic mass is 19.4. The van der Waals surface area contributed by atoms with Gasteiger partial charge in [-0.2, -0.15) is 18.2 Å². The van der Waals surface area contributed by atoms with Crippen molar-refractivity contribution in [3.05, 3.63) is 47.1 Å². The number of hydrogen-bond donors (Lipinski definition) is 1. The lowest BCUT2D eigenvalue weighted by molar-refractivity contribution is -0.159. The first-order valence-corrected chi connectivity index (χ1v) is 5.16. The van der Waals surface area contributed by atoms with E-state index in [4.69, 9.17) is 5.73 Å². The summed E-state index contributed by atoms with van der Waals surface area (Å²) in [7, 11) is 0. The molecule has 2 rings (SSSR count). The molecule has 0 saturated carbocycles. The molecule has 0 fully saturated rings. The third kappa shape index (κ3) is 2.86. The monoisotopic (exact) mass is 257 g/mol. The molecule has 0 amide bonds. The third-order valence-electron chi connectivity index (χ3n) is 2.33. The third-order valence-corrected chi connectivity index (χ3v) is 2.33. The van der Waals surface area contributed by atoms with Gasteiger partial charge in [-0.1, -0.05) is 29.4 Å². The molecule has 0 aliphatic heterocycles. The van der Waals surface area contributed by atoms with Crippen LogP contribution in [0.1, 0.15) is 22.8 Å². The number of aromatic nitrogens is 2. The summed E-state index contributed by atoms with van der Waals surface area (Å²) in [5, 5.41) is 3.29. The van der Waals surface area contributed by atoms with Crippen molar-refractivity contribution in [2.45, 2.75) is 19.1 Å². The maximum atomic E-state index is 12.2. The quantitative estimate of drug-likeness (QED) is 0.914. The normalized spacial score (nSPS) is 11.8. The summed E-state index contributed by atoms with van der Waals surface area (Å²) >= 11 is 0. The number of halogens is 3. The maximum Gasteiger partial charge on any atom is 0.471 e. The van der Waals surface area contributed by atoms with Crippen LogP contribution in [-0.4, -0.2) is 10.1 Å². The lowest BCUT2D eigenvalue weighted by Gasteiger charge is -1.99. The molecule has 7 heteroatoms. The largest absolute Gasteiger partial charge is 0.471 e. The van der Waals surface area contributed by atoms with Crippen molar-refractivity contribution in [2.75, 3.05) is 0 Å². The van der Waals surface area contributed by atoms with Crippen molar-refractivity contribution in [3.63, 3.8) is 0 Å². The number of nitrogens with two attached hydrogens (primary N) is 1. The molecular formula is C11H10F3N3O. The van der Waals surface area contributed by atoms with Gasteiger partial charge >= 0.3 is 12.1 Å². The van der Waals surface area contributed by atoms with Crippen molar-refractivity contribution in [1.29, 1.82) is 0 Å². The van der Waals surface area contributed by atoms with Crippen LogP contribution in [0.3, 0.4) is 0 Å². The molecule has 18 heavy (non-hydrogen) atoms. The van der Waals surface area contributed by atoms with Crippen molar-refractivity contribution < 1.29 is 17.7 Å². The molecule has 1 aromatic heterocycles. The highest BCUT2D eigenvalue weighted by Crippen LogP contribution is 2.27. The minimum atomic E-state index is -4.60. The second-order valence-corrected chi connectivity index (χ2v) is 3.71. The molecule has 1 heterocycles. The highest BCUT2D eigenvalue weighted by molar-refractivity contribution is 5.24. The zero-order valence-electron chi connectivity index (χ0n) is 9.24. The molecule has 0 atom stereocenters. The summed E-state index contributed by atoms with van der Waals surface area (Å²) in [6.45, 7) is 0.417. The molecular weight excluding hydrogens is 247 g/mol. The van der Waals surface area contributed by atoms with Crippen LogP contribution in [0, 0.1) is 0 Å². The van der Waals surface area contributed by atoms with E-state index in [2.05, 4.69) is 14.7 Å². The van der Waals surface area contributed by atoms with Gasteiger partial charge in [-0.15, -0.1) is 0 Å². The zero-order valence-corrected chi connectivity index (χ0v) is 9.24. The van der Waals surface area contributed by atoms with E-state index in [0.717, 1.165) is 11.1 Å². The number of nitrogens with zero attached hydrogens (tertiary/aromatic N) is 2. The van der Waals surface area contributed by atoms with Crippen LogP contribution in [0.2, 0.25) is 0 Å². The van der Waals surface area contributed by atoms with Gasteiger partial charge in [0.15, 0.2) is 5.82 Å². The predicted octanol–water partition coefficient (Wildman–Crippen LogP) is 2.14. The van der Waals surface area contributed by atoms with Gasteiger partial charge in [-0.05, 0) is 11.1 Å². The molecule has 2 aromatic rings. The first-order valence-electron chi connectivity index (χ1n) is 5.16. The fourth-order valence-corrected chi connectivity index (χ4v) is 1.42. The van der Waals surface area contributed by atoms with Crippen LogP contribution < -0.4 is 5.73 Å². The summed E-state index contributed by atoms with van der Waals surface area (Å²) in [4.78, 5) is 3.29. The number of hydrogen-bond acceptors (Lipinski definition) is 4. The first-order chi connectivity index (χ1) is 8.49. The van der Waals surface area contributed by atoms with Crippen molar-refractivity contribution in [2.24, 2.45) is 5.73 Å². The summed E-state index contributed by atoms with van der Waals surface area (Å²) < 4.78 is 40.8. The van der Waals surface area contributed by atoms with Gasteiger partial charge < -0.3 is 10.3 Å². The minimum Gasteiger partial charge on any atom is -0.329 e. The average Bonchev–Trinajstić information content (AvgIpc) is 2.78. The fourth-order valence-electron chi connectivity index (χ4n) is 1.42. The Balaban J connectivity index is 2.11. The van der Waals surface area contributed by atoms with Gasteiger partial charge in [0, 0.05) is 13.0 Å². The van der Waals surface area contributed by atoms with Gasteiger partial charge in [0.2, 0.25) is 0 Å². The fraction of sp³-hybridized carbons (Fsp3) is 0.273. The number of rotatable bonds is 3. The Bertz CT molecular complexity index is 519. The van der Waals surface area contributed by atoms with Crippen LogP contribution in [0.4, 0.5) is 13.2 Å². The molecule has 0 spiro atoms. The molecule has 0 unspecified atom stereocenters. The summed E-state index contributed by atoms with van der Waals surface area (Å²) in [6, 6.07) is 7.15. The Labute approximate surface area is 101 Å². The van der Waals surface area contributed by atoms with Crippen LogP contribution in [0.5, 0.6) is 0 Å². The van der Waals surface area contributed by atoms with Crippen molar-refractivity contribution in [1.82, 2.24) is 10.1 Å². The van der Waals surface area contributed by atoms with E-state index in [1.54, 1.807) is 24.3 Å². The maximum absolute atomic E-state index is 12.2. The summed E-state index contributed by atoms with van der Waals surface area (Å²) in [5.41, 5.74) is 7.18. The Morgan fingerprint density at radius 2 is 1.72 bits per heavy atom. The number of benzene rings is 1. The second kappa shape index (κ2) is 4.77. The second-order valence-electron chi connectivity index (χ2n) is 3.71. The van der Waals surface area contributed by atoms with Gasteiger partial charge in [0.25, 0.3) is 0 Å². The summed E-state index contributed by atoms with van der Waals surface area (Å²) in [6.07, 6.45) is -4.42. The average molecular weight is 257 g/mol. The number of alkyl halides is 3. The molecule has 96 valence electrons. The van der Waals surface area contributed by atoms with Crippen LogP contribution >= 0.6 is 0 Å². The van der Waals surface area contributed by atoms with E-state index in [-0.39, 0.29) is 12.2 Å².